The molecule has 0 radical (unpaired) electrons. The maximum absolute atomic E-state index is 12.4. The summed E-state index contributed by atoms with van der Waals surface area (Å²) in [4.78, 5) is 27.4. The van der Waals surface area contributed by atoms with Crippen molar-refractivity contribution in [3.63, 3.8) is 0 Å². The van der Waals surface area contributed by atoms with Crippen LogP contribution in [0.15, 0.2) is 0 Å². The molecule has 1 aliphatic carbocycles. The summed E-state index contributed by atoms with van der Waals surface area (Å²) in [7, 11) is 0. The molecule has 2 aliphatic rings. The molecule has 24 heavy (non-hydrogen) atoms. The molecule has 1 aromatic rings. The van der Waals surface area contributed by atoms with Gasteiger partial charge in [-0.1, -0.05) is 0 Å². The van der Waals surface area contributed by atoms with Gasteiger partial charge in [-0.05, 0) is 32.6 Å². The van der Waals surface area contributed by atoms with Crippen molar-refractivity contribution in [2.45, 2.75) is 39.7 Å². The summed E-state index contributed by atoms with van der Waals surface area (Å²) < 4.78 is 1.58. The van der Waals surface area contributed by atoms with Gasteiger partial charge in [0, 0.05) is 39.1 Å². The highest BCUT2D eigenvalue weighted by molar-refractivity contribution is 5.76. The van der Waals surface area contributed by atoms with Crippen LogP contribution in [0.25, 0.3) is 0 Å². The highest BCUT2D eigenvalue weighted by Crippen LogP contribution is 2.30. The molecule has 0 atom stereocenters. The maximum Gasteiger partial charge on any atom is 0.312 e. The van der Waals surface area contributed by atoms with E-state index in [-0.39, 0.29) is 11.6 Å². The van der Waals surface area contributed by atoms with Gasteiger partial charge in [0.05, 0.1) is 11.5 Å². The highest BCUT2D eigenvalue weighted by atomic mass is 16.6. The minimum atomic E-state index is -0.408. The summed E-state index contributed by atoms with van der Waals surface area (Å²) in [6, 6.07) is 0. The zero-order valence-corrected chi connectivity index (χ0v) is 14.4. The second-order valence-corrected chi connectivity index (χ2v) is 6.87. The van der Waals surface area contributed by atoms with Gasteiger partial charge in [-0.2, -0.15) is 5.10 Å². The monoisotopic (exact) mass is 335 g/mol. The van der Waals surface area contributed by atoms with Gasteiger partial charge in [-0.3, -0.25) is 24.5 Å². The normalized spacial score (nSPS) is 18.8. The van der Waals surface area contributed by atoms with Crippen molar-refractivity contribution in [3.05, 3.63) is 21.5 Å². The van der Waals surface area contributed by atoms with E-state index in [1.54, 1.807) is 18.5 Å². The van der Waals surface area contributed by atoms with Crippen LogP contribution in [-0.4, -0.2) is 63.1 Å². The Hall–Kier alpha value is -1.96. The molecule has 3 rings (SSSR count). The molecule has 8 heteroatoms. The number of piperazine rings is 1. The van der Waals surface area contributed by atoms with Gasteiger partial charge in [0.15, 0.2) is 0 Å². The van der Waals surface area contributed by atoms with Crippen molar-refractivity contribution in [2.75, 3.05) is 32.7 Å². The molecule has 0 bridgehead atoms. The first-order valence-electron chi connectivity index (χ1n) is 8.64. The second-order valence-electron chi connectivity index (χ2n) is 6.87. The first kappa shape index (κ1) is 16.9. The molecule has 0 unspecified atom stereocenters. The van der Waals surface area contributed by atoms with Crippen LogP contribution in [0.4, 0.5) is 5.69 Å². The molecule has 1 saturated heterocycles. The van der Waals surface area contributed by atoms with Gasteiger partial charge in [-0.25, -0.2) is 0 Å². The molecular formula is C16H25N5O3. The molecule has 1 saturated carbocycles. The van der Waals surface area contributed by atoms with E-state index in [9.17, 15) is 14.9 Å². The van der Waals surface area contributed by atoms with Crippen molar-refractivity contribution < 1.29 is 9.72 Å². The van der Waals surface area contributed by atoms with Gasteiger partial charge < -0.3 is 4.90 Å². The molecular weight excluding hydrogens is 310 g/mol. The van der Waals surface area contributed by atoms with E-state index in [4.69, 9.17) is 0 Å². The predicted octanol–water partition coefficient (Wildman–Crippen LogP) is 1.35. The van der Waals surface area contributed by atoms with Crippen LogP contribution in [0, 0.1) is 29.9 Å². The van der Waals surface area contributed by atoms with Crippen molar-refractivity contribution in [1.29, 1.82) is 0 Å². The summed E-state index contributed by atoms with van der Waals surface area (Å²) in [6.07, 6.45) is 3.05. The van der Waals surface area contributed by atoms with Crippen molar-refractivity contribution in [3.8, 4) is 0 Å². The quantitative estimate of drug-likeness (QED) is 0.579. The first-order chi connectivity index (χ1) is 11.5. The Morgan fingerprint density at radius 3 is 2.46 bits per heavy atom. The molecule has 1 aliphatic heterocycles. The summed E-state index contributed by atoms with van der Waals surface area (Å²) in [5, 5.41) is 15.2. The molecule has 1 amide bonds. The Kier molecular flexibility index (Phi) is 4.84. The van der Waals surface area contributed by atoms with Gasteiger partial charge in [0.1, 0.15) is 11.4 Å². The zero-order valence-electron chi connectivity index (χ0n) is 14.4. The lowest BCUT2D eigenvalue weighted by Crippen LogP contribution is -2.49. The Labute approximate surface area is 141 Å². The molecule has 8 nitrogen and oxygen atoms in total. The minimum absolute atomic E-state index is 0.0520. The average Bonchev–Trinajstić information content (AvgIpc) is 3.30. The number of aryl methyl sites for hydroxylation is 2. The largest absolute Gasteiger partial charge is 0.340 e. The van der Waals surface area contributed by atoms with Crippen LogP contribution in [0.5, 0.6) is 0 Å². The minimum Gasteiger partial charge on any atom is -0.340 e. The third kappa shape index (κ3) is 3.75. The van der Waals surface area contributed by atoms with E-state index >= 15 is 0 Å². The van der Waals surface area contributed by atoms with Crippen LogP contribution in [0.3, 0.4) is 0 Å². The molecule has 1 aromatic heterocycles. The lowest BCUT2D eigenvalue weighted by Gasteiger charge is -2.34. The molecule has 0 spiro atoms. The van der Waals surface area contributed by atoms with E-state index in [1.807, 2.05) is 4.90 Å². The highest BCUT2D eigenvalue weighted by Gasteiger charge is 2.28. The van der Waals surface area contributed by atoms with Crippen LogP contribution >= 0.6 is 0 Å². The van der Waals surface area contributed by atoms with Crippen LogP contribution in [0.2, 0.25) is 0 Å². The van der Waals surface area contributed by atoms with Crippen LogP contribution in [-0.2, 0) is 11.3 Å². The predicted molar refractivity (Wildman–Crippen MR) is 88.7 cm³/mol. The lowest BCUT2D eigenvalue weighted by atomic mass is 10.2. The standard InChI is InChI=1S/C16H25N5O3/c1-12-16(21(23)24)13(2)20(17-12)6-5-15(22)19-9-7-18(8-10-19)11-14-3-4-14/h14H,3-11H2,1-2H3. The number of carbonyl (C=O) groups is 1. The summed E-state index contributed by atoms with van der Waals surface area (Å²) >= 11 is 0. The average molecular weight is 335 g/mol. The number of carbonyl (C=O) groups excluding carboxylic acids is 1. The van der Waals surface area contributed by atoms with E-state index < -0.39 is 4.92 Å². The Morgan fingerprint density at radius 1 is 1.25 bits per heavy atom. The second kappa shape index (κ2) is 6.88. The third-order valence-corrected chi connectivity index (χ3v) is 5.00. The number of amides is 1. The number of hydrogen-bond donors (Lipinski definition) is 0. The Balaban J connectivity index is 1.49. The summed E-state index contributed by atoms with van der Waals surface area (Å²) in [6.45, 7) is 8.34. The first-order valence-corrected chi connectivity index (χ1v) is 8.64. The fourth-order valence-corrected chi connectivity index (χ4v) is 3.37. The number of aromatic nitrogens is 2. The van der Waals surface area contributed by atoms with Crippen molar-refractivity contribution in [2.24, 2.45) is 5.92 Å². The number of nitrogens with zero attached hydrogens (tertiary/aromatic N) is 5. The van der Waals surface area contributed by atoms with Gasteiger partial charge >= 0.3 is 5.69 Å². The summed E-state index contributed by atoms with van der Waals surface area (Å²) in [5.41, 5.74) is 0.967. The third-order valence-electron chi connectivity index (χ3n) is 5.00. The summed E-state index contributed by atoms with van der Waals surface area (Å²) in [5.74, 6) is 0.991. The number of rotatable bonds is 6. The van der Waals surface area contributed by atoms with E-state index in [2.05, 4.69) is 10.00 Å². The van der Waals surface area contributed by atoms with Crippen molar-refractivity contribution in [1.82, 2.24) is 19.6 Å². The van der Waals surface area contributed by atoms with Crippen molar-refractivity contribution >= 4 is 11.6 Å². The maximum atomic E-state index is 12.4. The smallest absolute Gasteiger partial charge is 0.312 e. The number of hydrogen-bond acceptors (Lipinski definition) is 5. The Morgan fingerprint density at radius 2 is 1.92 bits per heavy atom. The zero-order chi connectivity index (χ0) is 17.3. The number of nitro groups is 1. The fourth-order valence-electron chi connectivity index (χ4n) is 3.37. The van der Waals surface area contributed by atoms with Gasteiger partial charge in [0.2, 0.25) is 5.91 Å². The Bertz CT molecular complexity index is 630. The SMILES string of the molecule is Cc1nn(CCC(=O)N2CCN(CC3CC3)CC2)c(C)c1[N+](=O)[O-]. The van der Waals surface area contributed by atoms with E-state index in [1.165, 1.54) is 19.4 Å². The molecule has 0 N–H and O–H groups in total. The molecule has 2 heterocycles. The lowest BCUT2D eigenvalue weighted by molar-refractivity contribution is -0.386. The van der Waals surface area contributed by atoms with Crippen LogP contribution in [0.1, 0.15) is 30.7 Å². The van der Waals surface area contributed by atoms with E-state index in [0.29, 0.717) is 24.4 Å². The van der Waals surface area contributed by atoms with Crippen LogP contribution < -0.4 is 0 Å². The molecule has 2 fully saturated rings. The molecule has 132 valence electrons. The van der Waals surface area contributed by atoms with Gasteiger partial charge in [0.25, 0.3) is 0 Å². The van der Waals surface area contributed by atoms with E-state index in [0.717, 1.165) is 32.1 Å². The fraction of sp³-hybridized carbons (Fsp3) is 0.750. The molecule has 0 aromatic carbocycles. The topological polar surface area (TPSA) is 84.5 Å². The van der Waals surface area contributed by atoms with Gasteiger partial charge in [-0.15, -0.1) is 0 Å².